The number of carbonyl (C=O) groups is 1. The molecule has 3 aromatic heterocycles. The summed E-state index contributed by atoms with van der Waals surface area (Å²) in [6, 6.07) is 1.81. The van der Waals surface area contributed by atoms with Gasteiger partial charge in [-0.3, -0.25) is 9.89 Å². The highest BCUT2D eigenvalue weighted by atomic mass is 16.1. The molecule has 0 unspecified atom stereocenters. The summed E-state index contributed by atoms with van der Waals surface area (Å²) in [7, 11) is 0. The van der Waals surface area contributed by atoms with E-state index in [9.17, 15) is 4.79 Å². The fraction of sp³-hybridized carbons (Fsp3) is 0.308. The van der Waals surface area contributed by atoms with Gasteiger partial charge in [0.2, 0.25) is 0 Å². The summed E-state index contributed by atoms with van der Waals surface area (Å²) >= 11 is 0. The van der Waals surface area contributed by atoms with E-state index in [0.717, 1.165) is 17.8 Å². The van der Waals surface area contributed by atoms with E-state index >= 15 is 0 Å². The number of aromatic nitrogens is 6. The zero-order chi connectivity index (χ0) is 14.8. The van der Waals surface area contributed by atoms with Crippen molar-refractivity contribution in [1.29, 1.82) is 0 Å². The average Bonchev–Trinajstić information content (AvgIpc) is 3.14. The maximum atomic E-state index is 12.4. The topological polar surface area (TPSA) is 101 Å². The molecule has 0 aliphatic heterocycles. The largest absolute Gasteiger partial charge is 0.305 e. The van der Waals surface area contributed by atoms with Crippen LogP contribution < -0.4 is 5.32 Å². The third kappa shape index (κ3) is 2.35. The maximum Gasteiger partial charge on any atom is 0.260 e. The lowest BCUT2D eigenvalue weighted by molar-refractivity contribution is 0.102. The highest BCUT2D eigenvalue weighted by Gasteiger charge is 2.16. The molecule has 0 aromatic carbocycles. The molecule has 0 saturated heterocycles. The third-order valence-corrected chi connectivity index (χ3v) is 3.24. The summed E-state index contributed by atoms with van der Waals surface area (Å²) in [4.78, 5) is 20.5. The molecule has 8 heteroatoms. The molecule has 1 amide bonds. The van der Waals surface area contributed by atoms with Gasteiger partial charge in [-0.15, -0.1) is 0 Å². The number of hydrogen-bond donors (Lipinski definition) is 2. The van der Waals surface area contributed by atoms with Crippen molar-refractivity contribution in [3.05, 3.63) is 35.5 Å². The van der Waals surface area contributed by atoms with Crippen LogP contribution in [0.15, 0.2) is 18.6 Å². The molecule has 0 fully saturated rings. The minimum Gasteiger partial charge on any atom is -0.305 e. The van der Waals surface area contributed by atoms with Crippen molar-refractivity contribution in [2.24, 2.45) is 0 Å². The highest BCUT2D eigenvalue weighted by Crippen LogP contribution is 2.13. The van der Waals surface area contributed by atoms with Crippen LogP contribution in [0.2, 0.25) is 0 Å². The van der Waals surface area contributed by atoms with E-state index in [1.54, 1.807) is 4.52 Å². The van der Waals surface area contributed by atoms with E-state index in [-0.39, 0.29) is 5.91 Å². The molecular formula is C13H15N7O. The van der Waals surface area contributed by atoms with Crippen LogP contribution >= 0.6 is 0 Å². The van der Waals surface area contributed by atoms with Gasteiger partial charge in [0.1, 0.15) is 6.33 Å². The van der Waals surface area contributed by atoms with Crippen molar-refractivity contribution in [3.63, 3.8) is 0 Å². The van der Waals surface area contributed by atoms with Crippen LogP contribution in [0.3, 0.4) is 0 Å². The van der Waals surface area contributed by atoms with Crippen LogP contribution in [-0.4, -0.2) is 35.7 Å². The van der Waals surface area contributed by atoms with Crippen molar-refractivity contribution in [2.75, 3.05) is 5.32 Å². The Balaban J connectivity index is 1.93. The molecule has 3 aromatic rings. The van der Waals surface area contributed by atoms with Crippen molar-refractivity contribution in [1.82, 2.24) is 29.8 Å². The Bertz CT molecular complexity index is 789. The van der Waals surface area contributed by atoms with Gasteiger partial charge < -0.3 is 5.32 Å². The lowest BCUT2D eigenvalue weighted by Gasteiger charge is -2.08. The van der Waals surface area contributed by atoms with Crippen LogP contribution in [0.4, 0.5) is 5.82 Å². The second kappa shape index (κ2) is 5.31. The van der Waals surface area contributed by atoms with E-state index in [0.29, 0.717) is 23.6 Å². The second-order valence-electron chi connectivity index (χ2n) is 4.53. The molecular weight excluding hydrogens is 270 g/mol. The van der Waals surface area contributed by atoms with E-state index in [4.69, 9.17) is 0 Å². The lowest BCUT2D eigenvalue weighted by atomic mass is 10.2. The number of H-pyrrole nitrogens is 1. The second-order valence-corrected chi connectivity index (χ2v) is 4.53. The van der Waals surface area contributed by atoms with E-state index in [1.807, 2.05) is 19.9 Å². The van der Waals surface area contributed by atoms with Crippen molar-refractivity contribution < 1.29 is 4.79 Å². The van der Waals surface area contributed by atoms with E-state index in [1.165, 1.54) is 12.5 Å². The molecule has 21 heavy (non-hydrogen) atoms. The smallest absolute Gasteiger partial charge is 0.260 e. The molecule has 0 bridgehead atoms. The van der Waals surface area contributed by atoms with Crippen LogP contribution in [0.25, 0.3) is 5.78 Å². The lowest BCUT2D eigenvalue weighted by Crippen LogP contribution is -2.17. The molecule has 0 aliphatic rings. The number of amides is 1. The summed E-state index contributed by atoms with van der Waals surface area (Å²) in [5.74, 6) is 0.722. The Morgan fingerprint density at radius 3 is 2.90 bits per heavy atom. The molecule has 3 rings (SSSR count). The number of hydrogen-bond acceptors (Lipinski definition) is 5. The van der Waals surface area contributed by atoms with E-state index in [2.05, 4.69) is 30.6 Å². The predicted molar refractivity (Wildman–Crippen MR) is 76.1 cm³/mol. The number of carbonyl (C=O) groups excluding carboxylic acids is 1. The van der Waals surface area contributed by atoms with Gasteiger partial charge in [0.05, 0.1) is 11.3 Å². The van der Waals surface area contributed by atoms with Crippen LogP contribution in [-0.2, 0) is 12.8 Å². The average molecular weight is 285 g/mol. The first-order chi connectivity index (χ1) is 10.2. The Kier molecular flexibility index (Phi) is 3.35. The SMILES string of the molecule is CCc1cc(NC(=O)c2cnc3ncnn3c2CC)n[nH]1. The monoisotopic (exact) mass is 285 g/mol. The number of aryl methyl sites for hydroxylation is 2. The van der Waals surface area contributed by atoms with Gasteiger partial charge >= 0.3 is 0 Å². The summed E-state index contributed by atoms with van der Waals surface area (Å²) in [5.41, 5.74) is 2.20. The van der Waals surface area contributed by atoms with Crippen LogP contribution in [0.5, 0.6) is 0 Å². The summed E-state index contributed by atoms with van der Waals surface area (Å²) in [6.07, 6.45) is 4.41. The standard InChI is InChI=1S/C13H15N7O/c1-3-8-5-11(19-18-8)17-12(21)9-6-14-13-15-7-16-20(13)10(9)4-2/h5-7H,3-4H2,1-2H3,(H2,17,18,19,21). The summed E-state index contributed by atoms with van der Waals surface area (Å²) in [6.45, 7) is 3.97. The van der Waals surface area contributed by atoms with Gasteiger partial charge in [-0.2, -0.15) is 15.2 Å². The molecule has 108 valence electrons. The predicted octanol–water partition coefficient (Wildman–Crippen LogP) is 1.22. The number of aromatic amines is 1. The zero-order valence-corrected chi connectivity index (χ0v) is 11.8. The van der Waals surface area contributed by atoms with Gasteiger partial charge in [0, 0.05) is 18.0 Å². The van der Waals surface area contributed by atoms with Gasteiger partial charge in [-0.25, -0.2) is 9.50 Å². The van der Waals surface area contributed by atoms with Gasteiger partial charge in [0.25, 0.3) is 11.7 Å². The Labute approximate surface area is 120 Å². The molecule has 0 aliphatic carbocycles. The minimum atomic E-state index is -0.258. The fourth-order valence-corrected chi connectivity index (χ4v) is 2.15. The molecule has 0 saturated carbocycles. The Morgan fingerprint density at radius 1 is 1.33 bits per heavy atom. The quantitative estimate of drug-likeness (QED) is 0.750. The first kappa shape index (κ1) is 13.2. The number of nitrogens with one attached hydrogen (secondary N) is 2. The molecule has 0 spiro atoms. The van der Waals surface area contributed by atoms with Crippen molar-refractivity contribution in [3.8, 4) is 0 Å². The minimum absolute atomic E-state index is 0.258. The Morgan fingerprint density at radius 2 is 2.19 bits per heavy atom. The third-order valence-electron chi connectivity index (χ3n) is 3.24. The fourth-order valence-electron chi connectivity index (χ4n) is 2.15. The Hall–Kier alpha value is -2.77. The number of nitrogens with zero attached hydrogens (tertiary/aromatic N) is 5. The molecule has 0 radical (unpaired) electrons. The maximum absolute atomic E-state index is 12.4. The first-order valence-electron chi connectivity index (χ1n) is 6.76. The number of rotatable bonds is 4. The van der Waals surface area contributed by atoms with Crippen molar-refractivity contribution in [2.45, 2.75) is 26.7 Å². The normalized spacial score (nSPS) is 11.0. The molecule has 3 heterocycles. The van der Waals surface area contributed by atoms with Crippen molar-refractivity contribution >= 4 is 17.5 Å². The van der Waals surface area contributed by atoms with Gasteiger partial charge in [-0.1, -0.05) is 13.8 Å². The first-order valence-corrected chi connectivity index (χ1v) is 6.76. The molecule has 8 nitrogen and oxygen atoms in total. The van der Waals surface area contributed by atoms with Crippen LogP contribution in [0, 0.1) is 0 Å². The van der Waals surface area contributed by atoms with E-state index < -0.39 is 0 Å². The number of fused-ring (bicyclic) bond motifs is 1. The van der Waals surface area contributed by atoms with Crippen LogP contribution in [0.1, 0.15) is 35.6 Å². The molecule has 2 N–H and O–H groups in total. The van der Waals surface area contributed by atoms with Gasteiger partial charge in [0.15, 0.2) is 5.82 Å². The van der Waals surface area contributed by atoms with Gasteiger partial charge in [-0.05, 0) is 12.8 Å². The highest BCUT2D eigenvalue weighted by molar-refractivity contribution is 6.04. The molecule has 0 atom stereocenters. The summed E-state index contributed by atoms with van der Waals surface area (Å²) < 4.78 is 1.58. The zero-order valence-electron chi connectivity index (χ0n) is 11.8. The summed E-state index contributed by atoms with van der Waals surface area (Å²) in [5, 5.41) is 13.8. The number of anilines is 1.